The molecular formula is C9H11ClO. The topological polar surface area (TPSA) is 17.1 Å². The second kappa shape index (κ2) is 2.53. The third kappa shape index (κ3) is 1.28. The van der Waals surface area contributed by atoms with Crippen LogP contribution >= 0.6 is 11.6 Å². The van der Waals surface area contributed by atoms with Crippen molar-refractivity contribution in [1.82, 2.24) is 0 Å². The molecule has 1 saturated carbocycles. The van der Waals surface area contributed by atoms with Crippen molar-refractivity contribution in [3.05, 3.63) is 0 Å². The van der Waals surface area contributed by atoms with E-state index in [1.165, 1.54) is 0 Å². The number of hydrogen-bond donors (Lipinski definition) is 0. The molecule has 11 heavy (non-hydrogen) atoms. The first-order valence-corrected chi connectivity index (χ1v) is 4.01. The summed E-state index contributed by atoms with van der Waals surface area (Å²) in [5.74, 6) is 3.34. The first-order chi connectivity index (χ1) is 5.01. The summed E-state index contributed by atoms with van der Waals surface area (Å²) >= 11 is 5.26. The maximum Gasteiger partial charge on any atom is 0.134 e. The van der Waals surface area contributed by atoms with Crippen molar-refractivity contribution in [3.63, 3.8) is 0 Å². The SMILES string of the molecule is CC(=O)C1C(C#CCl)C1(C)C. The normalized spacial score (nSPS) is 32.0. The highest BCUT2D eigenvalue weighted by molar-refractivity contribution is 6.30. The fourth-order valence-electron chi connectivity index (χ4n) is 1.72. The largest absolute Gasteiger partial charge is 0.300 e. The van der Waals surface area contributed by atoms with E-state index in [0.717, 1.165) is 0 Å². The van der Waals surface area contributed by atoms with Gasteiger partial charge in [0.15, 0.2) is 0 Å². The minimum Gasteiger partial charge on any atom is -0.300 e. The Morgan fingerprint density at radius 2 is 2.09 bits per heavy atom. The Morgan fingerprint density at radius 3 is 2.36 bits per heavy atom. The maximum atomic E-state index is 11.0. The van der Waals surface area contributed by atoms with Gasteiger partial charge in [-0.3, -0.25) is 4.79 Å². The van der Waals surface area contributed by atoms with Crippen LogP contribution in [0.2, 0.25) is 0 Å². The molecule has 0 spiro atoms. The van der Waals surface area contributed by atoms with Gasteiger partial charge < -0.3 is 0 Å². The average Bonchev–Trinajstić information content (AvgIpc) is 2.35. The highest BCUT2D eigenvalue weighted by Gasteiger charge is 2.59. The van der Waals surface area contributed by atoms with Crippen LogP contribution in [-0.2, 0) is 4.79 Å². The van der Waals surface area contributed by atoms with E-state index in [1.54, 1.807) is 6.92 Å². The third-order valence-corrected chi connectivity index (χ3v) is 2.58. The van der Waals surface area contributed by atoms with E-state index in [0.29, 0.717) is 0 Å². The molecule has 1 nitrogen and oxygen atoms in total. The summed E-state index contributed by atoms with van der Waals surface area (Å²) < 4.78 is 0. The van der Waals surface area contributed by atoms with Gasteiger partial charge in [-0.05, 0) is 23.9 Å². The van der Waals surface area contributed by atoms with E-state index in [9.17, 15) is 4.79 Å². The van der Waals surface area contributed by atoms with E-state index in [1.807, 2.05) is 13.8 Å². The van der Waals surface area contributed by atoms with Crippen molar-refractivity contribution in [3.8, 4) is 11.3 Å². The van der Waals surface area contributed by atoms with Gasteiger partial charge in [0, 0.05) is 17.2 Å². The van der Waals surface area contributed by atoms with Crippen molar-refractivity contribution >= 4 is 17.4 Å². The molecule has 2 unspecified atom stereocenters. The van der Waals surface area contributed by atoms with Crippen LogP contribution in [0.3, 0.4) is 0 Å². The van der Waals surface area contributed by atoms with E-state index in [2.05, 4.69) is 11.3 Å². The molecule has 0 aromatic rings. The van der Waals surface area contributed by atoms with Gasteiger partial charge in [-0.25, -0.2) is 0 Å². The molecule has 0 N–H and O–H groups in total. The molecule has 0 aromatic carbocycles. The van der Waals surface area contributed by atoms with Crippen LogP contribution in [0.5, 0.6) is 0 Å². The summed E-state index contributed by atoms with van der Waals surface area (Å²) in [5, 5.41) is 2.34. The monoisotopic (exact) mass is 170 g/mol. The van der Waals surface area contributed by atoms with Crippen LogP contribution in [0.25, 0.3) is 0 Å². The molecule has 0 radical (unpaired) electrons. The highest BCUT2D eigenvalue weighted by atomic mass is 35.5. The Bertz CT molecular complexity index is 244. The van der Waals surface area contributed by atoms with E-state index in [4.69, 9.17) is 11.6 Å². The van der Waals surface area contributed by atoms with Gasteiger partial charge in [0.05, 0.1) is 0 Å². The van der Waals surface area contributed by atoms with Crippen molar-refractivity contribution in [2.45, 2.75) is 20.8 Å². The van der Waals surface area contributed by atoms with Gasteiger partial charge >= 0.3 is 0 Å². The Morgan fingerprint density at radius 1 is 1.55 bits per heavy atom. The predicted octanol–water partition coefficient (Wildman–Crippen LogP) is 2.05. The zero-order valence-electron chi connectivity index (χ0n) is 6.94. The Kier molecular flexibility index (Phi) is 1.98. The van der Waals surface area contributed by atoms with Crippen LogP contribution in [0, 0.1) is 28.6 Å². The summed E-state index contributed by atoms with van der Waals surface area (Å²) in [6.45, 7) is 5.71. The minimum atomic E-state index is 0.0493. The lowest BCUT2D eigenvalue weighted by Crippen LogP contribution is -1.99. The van der Waals surface area contributed by atoms with E-state index in [-0.39, 0.29) is 23.0 Å². The molecule has 0 aromatic heterocycles. The molecule has 2 heteroatoms. The first kappa shape index (κ1) is 8.62. The molecule has 0 heterocycles. The molecule has 0 amide bonds. The molecule has 1 rings (SSSR count). The summed E-state index contributed by atoms with van der Waals surface area (Å²) in [6, 6.07) is 0. The van der Waals surface area contributed by atoms with E-state index >= 15 is 0 Å². The maximum absolute atomic E-state index is 11.0. The summed E-state index contributed by atoms with van der Waals surface area (Å²) in [5.41, 5.74) is 0.0493. The number of Topliss-reactive ketones (excluding diaryl/α,β-unsaturated/α-hetero) is 1. The van der Waals surface area contributed by atoms with Crippen LogP contribution in [0.1, 0.15) is 20.8 Å². The second-order valence-electron chi connectivity index (χ2n) is 3.63. The molecule has 0 aliphatic heterocycles. The minimum absolute atomic E-state index is 0.0493. The summed E-state index contributed by atoms with van der Waals surface area (Å²) in [6.07, 6.45) is 0. The van der Waals surface area contributed by atoms with Crippen molar-refractivity contribution in [2.75, 3.05) is 0 Å². The molecule has 1 aliphatic carbocycles. The van der Waals surface area contributed by atoms with Crippen molar-refractivity contribution in [2.24, 2.45) is 17.3 Å². The lowest BCUT2D eigenvalue weighted by Gasteiger charge is -1.95. The highest BCUT2D eigenvalue weighted by Crippen LogP contribution is 2.58. The quantitative estimate of drug-likeness (QED) is 0.551. The number of halogens is 1. The molecular weight excluding hydrogens is 160 g/mol. The lowest BCUT2D eigenvalue weighted by molar-refractivity contribution is -0.118. The van der Waals surface area contributed by atoms with Crippen LogP contribution in [0.4, 0.5) is 0 Å². The zero-order chi connectivity index (χ0) is 8.65. The Balaban J connectivity index is 2.73. The van der Waals surface area contributed by atoms with Gasteiger partial charge in [-0.2, -0.15) is 0 Å². The second-order valence-corrected chi connectivity index (χ2v) is 3.82. The van der Waals surface area contributed by atoms with Gasteiger partial charge in [-0.1, -0.05) is 19.8 Å². The van der Waals surface area contributed by atoms with Gasteiger partial charge in [0.2, 0.25) is 0 Å². The number of carbonyl (C=O) groups excluding carboxylic acids is 1. The fraction of sp³-hybridized carbons (Fsp3) is 0.667. The molecule has 1 aliphatic rings. The van der Waals surface area contributed by atoms with Gasteiger partial charge in [-0.15, -0.1) is 0 Å². The van der Waals surface area contributed by atoms with E-state index < -0.39 is 0 Å². The van der Waals surface area contributed by atoms with Crippen LogP contribution in [-0.4, -0.2) is 5.78 Å². The predicted molar refractivity (Wildman–Crippen MR) is 45.1 cm³/mol. The molecule has 2 atom stereocenters. The third-order valence-electron chi connectivity index (χ3n) is 2.48. The Hall–Kier alpha value is -0.480. The summed E-state index contributed by atoms with van der Waals surface area (Å²) in [4.78, 5) is 11.0. The fourth-order valence-corrected chi connectivity index (χ4v) is 1.84. The van der Waals surface area contributed by atoms with Crippen molar-refractivity contribution in [1.29, 1.82) is 0 Å². The van der Waals surface area contributed by atoms with Gasteiger partial charge in [0.25, 0.3) is 0 Å². The molecule has 60 valence electrons. The van der Waals surface area contributed by atoms with Crippen molar-refractivity contribution < 1.29 is 4.79 Å². The van der Waals surface area contributed by atoms with Crippen LogP contribution < -0.4 is 0 Å². The standard InChI is InChI=1S/C9H11ClO/c1-6(11)8-7(4-5-10)9(8,2)3/h7-8H,1-3H3. The number of rotatable bonds is 1. The zero-order valence-corrected chi connectivity index (χ0v) is 7.70. The van der Waals surface area contributed by atoms with Gasteiger partial charge in [0.1, 0.15) is 5.78 Å². The first-order valence-electron chi connectivity index (χ1n) is 3.63. The Labute approximate surface area is 72.1 Å². The van der Waals surface area contributed by atoms with Crippen LogP contribution in [0.15, 0.2) is 0 Å². The number of hydrogen-bond acceptors (Lipinski definition) is 1. The smallest absolute Gasteiger partial charge is 0.134 e. The number of ketones is 1. The molecule has 1 fully saturated rings. The lowest BCUT2D eigenvalue weighted by atomic mass is 10.1. The molecule has 0 bridgehead atoms. The molecule has 0 saturated heterocycles. The average molecular weight is 171 g/mol. The summed E-state index contributed by atoms with van der Waals surface area (Å²) in [7, 11) is 0. The number of carbonyl (C=O) groups is 1.